The molecular formula is C20H27NO7. The Morgan fingerprint density at radius 1 is 1.21 bits per heavy atom. The molecule has 1 aliphatic rings. The van der Waals surface area contributed by atoms with Crippen molar-refractivity contribution in [2.24, 2.45) is 0 Å². The fourth-order valence-electron chi connectivity index (χ4n) is 3.04. The lowest BCUT2D eigenvalue weighted by Crippen LogP contribution is -2.66. The van der Waals surface area contributed by atoms with Gasteiger partial charge >= 0.3 is 5.97 Å². The minimum Gasteiger partial charge on any atom is -0.457 e. The number of amides is 1. The molecule has 0 saturated carbocycles. The molecule has 1 amide bonds. The summed E-state index contributed by atoms with van der Waals surface area (Å²) in [7, 11) is 0. The number of hydrogen-bond donors (Lipinski definition) is 2. The van der Waals surface area contributed by atoms with Gasteiger partial charge in [0.15, 0.2) is 12.4 Å². The molecule has 1 aromatic rings. The zero-order valence-electron chi connectivity index (χ0n) is 16.1. The first-order valence-electron chi connectivity index (χ1n) is 9.05. The third-order valence-electron chi connectivity index (χ3n) is 4.16. The summed E-state index contributed by atoms with van der Waals surface area (Å²) in [6, 6.07) is 8.61. The van der Waals surface area contributed by atoms with Crippen LogP contribution in [0.25, 0.3) is 0 Å². The molecule has 1 heterocycles. The van der Waals surface area contributed by atoms with Crippen molar-refractivity contribution in [1.29, 1.82) is 0 Å². The van der Waals surface area contributed by atoms with Gasteiger partial charge in [-0.2, -0.15) is 0 Å². The molecule has 2 rings (SSSR count). The quantitative estimate of drug-likeness (QED) is 0.475. The SMILES string of the molecule is C=CCO[C@H]1O[C@H](CO)[C@@H](OCc2ccccc2)[C@H](OC(C)=O)[C@H]1NC(C)=O. The van der Waals surface area contributed by atoms with Gasteiger partial charge in [0, 0.05) is 13.8 Å². The van der Waals surface area contributed by atoms with Gasteiger partial charge in [-0.05, 0) is 5.56 Å². The van der Waals surface area contributed by atoms with Crippen LogP contribution in [0.2, 0.25) is 0 Å². The second kappa shape index (κ2) is 10.9. The Kier molecular flexibility index (Phi) is 8.59. The Morgan fingerprint density at radius 2 is 1.93 bits per heavy atom. The summed E-state index contributed by atoms with van der Waals surface area (Å²) in [5.41, 5.74) is 0.905. The number of carbonyl (C=O) groups is 2. The number of esters is 1. The van der Waals surface area contributed by atoms with Gasteiger partial charge in [0.25, 0.3) is 0 Å². The maximum absolute atomic E-state index is 11.7. The molecule has 1 saturated heterocycles. The van der Waals surface area contributed by atoms with Crippen molar-refractivity contribution >= 4 is 11.9 Å². The molecule has 0 unspecified atom stereocenters. The molecule has 0 aromatic heterocycles. The summed E-state index contributed by atoms with van der Waals surface area (Å²) < 4.78 is 22.8. The molecule has 8 heteroatoms. The third-order valence-corrected chi connectivity index (χ3v) is 4.16. The van der Waals surface area contributed by atoms with Crippen LogP contribution in [0.15, 0.2) is 43.0 Å². The van der Waals surface area contributed by atoms with Crippen molar-refractivity contribution < 1.29 is 33.6 Å². The van der Waals surface area contributed by atoms with Crippen molar-refractivity contribution in [3.05, 3.63) is 48.6 Å². The van der Waals surface area contributed by atoms with E-state index in [9.17, 15) is 14.7 Å². The molecule has 8 nitrogen and oxygen atoms in total. The van der Waals surface area contributed by atoms with Crippen molar-refractivity contribution in [3.63, 3.8) is 0 Å². The van der Waals surface area contributed by atoms with Crippen molar-refractivity contribution in [2.45, 2.75) is 51.1 Å². The average Bonchev–Trinajstić information content (AvgIpc) is 2.67. The Bertz CT molecular complexity index is 651. The summed E-state index contributed by atoms with van der Waals surface area (Å²) >= 11 is 0. The molecule has 0 spiro atoms. The molecular weight excluding hydrogens is 366 g/mol. The molecule has 1 fully saturated rings. The smallest absolute Gasteiger partial charge is 0.303 e. The van der Waals surface area contributed by atoms with Gasteiger partial charge in [0.05, 0.1) is 19.8 Å². The summed E-state index contributed by atoms with van der Waals surface area (Å²) in [5.74, 6) is -0.892. The number of ether oxygens (including phenoxy) is 4. The van der Waals surface area contributed by atoms with Gasteiger partial charge in [0.2, 0.25) is 5.91 Å². The molecule has 1 aromatic carbocycles. The number of nitrogens with one attached hydrogen (secondary N) is 1. The maximum Gasteiger partial charge on any atom is 0.303 e. The van der Waals surface area contributed by atoms with Crippen LogP contribution in [0.5, 0.6) is 0 Å². The van der Waals surface area contributed by atoms with E-state index < -0.39 is 36.6 Å². The number of benzene rings is 1. The summed E-state index contributed by atoms with van der Waals surface area (Å²) in [6.45, 7) is 6.19. The Balaban J connectivity index is 2.27. The van der Waals surface area contributed by atoms with Crippen molar-refractivity contribution in [2.75, 3.05) is 13.2 Å². The van der Waals surface area contributed by atoms with E-state index in [2.05, 4.69) is 11.9 Å². The van der Waals surface area contributed by atoms with Gasteiger partial charge in [-0.3, -0.25) is 9.59 Å². The minimum atomic E-state index is -0.944. The highest BCUT2D eigenvalue weighted by Crippen LogP contribution is 2.28. The van der Waals surface area contributed by atoms with Gasteiger partial charge in [-0.1, -0.05) is 36.4 Å². The monoisotopic (exact) mass is 393 g/mol. The average molecular weight is 393 g/mol. The van der Waals surface area contributed by atoms with Gasteiger partial charge in [-0.15, -0.1) is 6.58 Å². The van der Waals surface area contributed by atoms with Crippen LogP contribution >= 0.6 is 0 Å². The summed E-state index contributed by atoms with van der Waals surface area (Å²) in [6.07, 6.45) is -1.95. The van der Waals surface area contributed by atoms with E-state index in [1.54, 1.807) is 0 Å². The van der Waals surface area contributed by atoms with Gasteiger partial charge < -0.3 is 29.4 Å². The fourth-order valence-corrected chi connectivity index (χ4v) is 3.04. The lowest BCUT2D eigenvalue weighted by molar-refractivity contribution is -0.280. The zero-order chi connectivity index (χ0) is 20.5. The second-order valence-corrected chi connectivity index (χ2v) is 6.41. The van der Waals surface area contributed by atoms with E-state index in [0.717, 1.165) is 5.56 Å². The van der Waals surface area contributed by atoms with Crippen LogP contribution in [0.4, 0.5) is 0 Å². The zero-order valence-corrected chi connectivity index (χ0v) is 16.1. The lowest BCUT2D eigenvalue weighted by atomic mass is 9.96. The molecule has 28 heavy (non-hydrogen) atoms. The first-order chi connectivity index (χ1) is 13.5. The van der Waals surface area contributed by atoms with E-state index in [-0.39, 0.29) is 25.7 Å². The number of hydrogen-bond acceptors (Lipinski definition) is 7. The van der Waals surface area contributed by atoms with E-state index in [4.69, 9.17) is 18.9 Å². The van der Waals surface area contributed by atoms with Crippen LogP contribution in [-0.4, -0.2) is 60.8 Å². The molecule has 0 aliphatic carbocycles. The lowest BCUT2D eigenvalue weighted by Gasteiger charge is -2.45. The summed E-state index contributed by atoms with van der Waals surface area (Å²) in [5, 5.41) is 12.5. The highest BCUT2D eigenvalue weighted by Gasteiger charge is 2.49. The second-order valence-electron chi connectivity index (χ2n) is 6.41. The van der Waals surface area contributed by atoms with Crippen LogP contribution in [0, 0.1) is 0 Å². The van der Waals surface area contributed by atoms with E-state index in [1.807, 2.05) is 30.3 Å². The molecule has 154 valence electrons. The molecule has 2 N–H and O–H groups in total. The highest BCUT2D eigenvalue weighted by atomic mass is 16.7. The van der Waals surface area contributed by atoms with Crippen LogP contribution < -0.4 is 5.32 Å². The highest BCUT2D eigenvalue weighted by molar-refractivity contribution is 5.73. The molecule has 0 bridgehead atoms. The first kappa shape index (κ1) is 22.0. The fraction of sp³-hybridized carbons (Fsp3) is 0.500. The number of aliphatic hydroxyl groups is 1. The van der Waals surface area contributed by atoms with Crippen molar-refractivity contribution in [3.8, 4) is 0 Å². The molecule has 1 aliphatic heterocycles. The van der Waals surface area contributed by atoms with Crippen LogP contribution in [0.1, 0.15) is 19.4 Å². The minimum absolute atomic E-state index is 0.154. The number of rotatable bonds is 9. The predicted molar refractivity (Wildman–Crippen MR) is 100 cm³/mol. The van der Waals surface area contributed by atoms with Crippen LogP contribution in [-0.2, 0) is 35.1 Å². The standard InChI is InChI=1S/C20H27NO7/c1-4-10-25-20-17(21-13(2)23)19(27-14(3)24)18(16(11-22)28-20)26-12-15-8-6-5-7-9-15/h4-9,16-20,22H,1,10-12H2,2-3H3,(H,21,23)/t16-,17-,18-,19-,20+/m1/s1. The Labute approximate surface area is 164 Å². The predicted octanol–water partition coefficient (Wildman–Crippen LogP) is 0.928. The third kappa shape index (κ3) is 6.13. The molecule has 0 radical (unpaired) electrons. The number of carbonyl (C=O) groups excluding carboxylic acids is 2. The van der Waals surface area contributed by atoms with E-state index in [1.165, 1.54) is 19.9 Å². The Hall–Kier alpha value is -2.26. The Morgan fingerprint density at radius 3 is 2.50 bits per heavy atom. The maximum atomic E-state index is 11.7. The van der Waals surface area contributed by atoms with Crippen molar-refractivity contribution in [1.82, 2.24) is 5.32 Å². The first-order valence-corrected chi connectivity index (χ1v) is 9.05. The van der Waals surface area contributed by atoms with Crippen LogP contribution in [0.3, 0.4) is 0 Å². The van der Waals surface area contributed by atoms with E-state index in [0.29, 0.717) is 0 Å². The normalized spacial score (nSPS) is 27.0. The van der Waals surface area contributed by atoms with E-state index >= 15 is 0 Å². The van der Waals surface area contributed by atoms with Gasteiger partial charge in [-0.25, -0.2) is 0 Å². The largest absolute Gasteiger partial charge is 0.457 e. The molecule has 5 atom stereocenters. The number of aliphatic hydroxyl groups excluding tert-OH is 1. The summed E-state index contributed by atoms with van der Waals surface area (Å²) in [4.78, 5) is 23.5. The topological polar surface area (TPSA) is 103 Å². The van der Waals surface area contributed by atoms with Gasteiger partial charge in [0.1, 0.15) is 18.2 Å².